The maximum Gasteiger partial charge on any atom is 0.204 e. The van der Waals surface area contributed by atoms with Crippen LogP contribution in [0.15, 0.2) is 66.7 Å². The van der Waals surface area contributed by atoms with Crippen LogP contribution in [-0.2, 0) is 6.54 Å². The molecule has 2 heterocycles. The highest BCUT2D eigenvalue weighted by Crippen LogP contribution is 2.32. The number of nitrogens with zero attached hydrogens (tertiary/aromatic N) is 4. The number of rotatable bonds is 3. The van der Waals surface area contributed by atoms with Crippen molar-refractivity contribution < 1.29 is 0 Å². The second-order valence-corrected chi connectivity index (χ2v) is 6.63. The van der Waals surface area contributed by atoms with E-state index in [0.717, 1.165) is 17.1 Å². The lowest BCUT2D eigenvalue weighted by molar-refractivity contribution is 0.869. The lowest BCUT2D eigenvalue weighted by Gasteiger charge is -2.08. The summed E-state index contributed by atoms with van der Waals surface area (Å²) in [5, 5.41) is 17.5. The zero-order chi connectivity index (χ0) is 17.5. The van der Waals surface area contributed by atoms with Gasteiger partial charge in [-0.15, -0.1) is 10.2 Å². The number of tetrazole rings is 1. The summed E-state index contributed by atoms with van der Waals surface area (Å²) in [6, 6.07) is 22.7. The van der Waals surface area contributed by atoms with Gasteiger partial charge in [-0.1, -0.05) is 41.9 Å². The number of aromatic nitrogens is 5. The molecular formula is C20H14ClN5. The highest BCUT2D eigenvalue weighted by Gasteiger charge is 2.13. The molecule has 26 heavy (non-hydrogen) atoms. The van der Waals surface area contributed by atoms with Gasteiger partial charge in [-0.05, 0) is 47.2 Å². The number of benzene rings is 3. The Morgan fingerprint density at radius 2 is 1.69 bits per heavy atom. The van der Waals surface area contributed by atoms with Crippen LogP contribution < -0.4 is 0 Å². The number of nitrogens with one attached hydrogen (secondary N) is 1. The molecule has 0 fully saturated rings. The van der Waals surface area contributed by atoms with Crippen molar-refractivity contribution in [2.45, 2.75) is 6.54 Å². The molecule has 5 nitrogen and oxygen atoms in total. The zero-order valence-corrected chi connectivity index (χ0v) is 14.5. The maximum atomic E-state index is 6.02. The van der Waals surface area contributed by atoms with Crippen LogP contribution in [-0.4, -0.2) is 25.2 Å². The Kier molecular flexibility index (Phi) is 3.47. The molecule has 0 aliphatic rings. The Morgan fingerprint density at radius 3 is 2.50 bits per heavy atom. The van der Waals surface area contributed by atoms with Gasteiger partial charge in [0.15, 0.2) is 0 Å². The van der Waals surface area contributed by atoms with Gasteiger partial charge in [0.05, 0.1) is 0 Å². The van der Waals surface area contributed by atoms with Gasteiger partial charge < -0.3 is 4.57 Å². The van der Waals surface area contributed by atoms with Gasteiger partial charge in [-0.3, -0.25) is 0 Å². The van der Waals surface area contributed by atoms with Crippen molar-refractivity contribution in [3.8, 4) is 11.4 Å². The van der Waals surface area contributed by atoms with Gasteiger partial charge in [-0.2, -0.15) is 5.21 Å². The van der Waals surface area contributed by atoms with Crippen LogP contribution >= 0.6 is 11.6 Å². The van der Waals surface area contributed by atoms with E-state index in [1.165, 1.54) is 27.4 Å². The first kappa shape index (κ1) is 15.1. The van der Waals surface area contributed by atoms with Gasteiger partial charge in [-0.25, -0.2) is 0 Å². The third kappa shape index (κ3) is 2.45. The van der Waals surface area contributed by atoms with Crippen LogP contribution in [0.25, 0.3) is 33.2 Å². The third-order valence-corrected chi connectivity index (χ3v) is 4.88. The summed E-state index contributed by atoms with van der Waals surface area (Å²) in [4.78, 5) is 0. The summed E-state index contributed by atoms with van der Waals surface area (Å²) in [5.41, 5.74) is 4.52. The fraction of sp³-hybridized carbons (Fsp3) is 0.0500. The molecule has 0 aliphatic carbocycles. The van der Waals surface area contributed by atoms with Crippen LogP contribution in [0, 0.1) is 0 Å². The summed E-state index contributed by atoms with van der Waals surface area (Å²) in [6.45, 7) is 0.780. The van der Waals surface area contributed by atoms with Crippen LogP contribution in [0.2, 0.25) is 5.02 Å². The Balaban J connectivity index is 1.72. The average molecular weight is 360 g/mol. The number of halogens is 1. The van der Waals surface area contributed by atoms with Crippen LogP contribution in [0.5, 0.6) is 0 Å². The van der Waals surface area contributed by atoms with E-state index < -0.39 is 0 Å². The summed E-state index contributed by atoms with van der Waals surface area (Å²) in [5.74, 6) is 0.599. The molecule has 126 valence electrons. The van der Waals surface area contributed by atoms with Crippen LogP contribution in [0.4, 0.5) is 0 Å². The zero-order valence-electron chi connectivity index (χ0n) is 13.7. The molecule has 5 rings (SSSR count). The van der Waals surface area contributed by atoms with E-state index in [0.29, 0.717) is 5.82 Å². The molecule has 0 saturated heterocycles. The molecule has 0 bridgehead atoms. The predicted octanol–water partition coefficient (Wildman–Crippen LogP) is 4.68. The second-order valence-electron chi connectivity index (χ2n) is 6.20. The molecule has 0 atom stereocenters. The summed E-state index contributed by atoms with van der Waals surface area (Å²) < 4.78 is 2.33. The Morgan fingerprint density at radius 1 is 0.885 bits per heavy atom. The number of para-hydroxylation sites is 1. The number of hydrogen-bond donors (Lipinski definition) is 1. The largest absolute Gasteiger partial charge is 0.336 e. The number of aromatic amines is 1. The minimum atomic E-state index is 0.599. The summed E-state index contributed by atoms with van der Waals surface area (Å²) in [7, 11) is 0. The van der Waals surface area contributed by atoms with E-state index >= 15 is 0 Å². The van der Waals surface area contributed by atoms with E-state index in [-0.39, 0.29) is 0 Å². The molecular weight excluding hydrogens is 346 g/mol. The van der Waals surface area contributed by atoms with Gasteiger partial charge in [0.1, 0.15) is 0 Å². The standard InChI is InChI=1S/C20H14ClN5/c21-15-8-5-13(6-9-15)12-26-18-4-2-1-3-16(18)17-11-14(7-10-19(17)26)20-22-24-25-23-20/h1-11H,12H2,(H,22,23,24,25). The van der Waals surface area contributed by atoms with Crippen molar-refractivity contribution in [3.63, 3.8) is 0 Å². The first-order valence-electron chi connectivity index (χ1n) is 8.29. The minimum Gasteiger partial charge on any atom is -0.336 e. The Labute approximate surface area is 154 Å². The van der Waals surface area contributed by atoms with Crippen molar-refractivity contribution in [1.82, 2.24) is 25.2 Å². The molecule has 0 amide bonds. The number of H-pyrrole nitrogens is 1. The smallest absolute Gasteiger partial charge is 0.204 e. The van der Waals surface area contributed by atoms with E-state index in [4.69, 9.17) is 11.6 Å². The van der Waals surface area contributed by atoms with Crippen molar-refractivity contribution in [1.29, 1.82) is 0 Å². The predicted molar refractivity (Wildman–Crippen MR) is 103 cm³/mol. The highest BCUT2D eigenvalue weighted by molar-refractivity contribution is 6.30. The fourth-order valence-electron chi connectivity index (χ4n) is 3.42. The van der Waals surface area contributed by atoms with E-state index in [9.17, 15) is 0 Å². The minimum absolute atomic E-state index is 0.599. The first-order chi connectivity index (χ1) is 12.8. The molecule has 0 spiro atoms. The average Bonchev–Trinajstić information content (AvgIpc) is 3.31. The summed E-state index contributed by atoms with van der Waals surface area (Å²) >= 11 is 6.02. The third-order valence-electron chi connectivity index (χ3n) is 4.63. The second kappa shape index (κ2) is 5.97. The molecule has 0 saturated carbocycles. The van der Waals surface area contributed by atoms with Gasteiger partial charge in [0.2, 0.25) is 5.82 Å². The molecule has 2 aromatic heterocycles. The SMILES string of the molecule is Clc1ccc(Cn2c3ccccc3c3cc(-c4nn[nH]n4)ccc32)cc1. The Bertz CT molecular complexity index is 1210. The van der Waals surface area contributed by atoms with Gasteiger partial charge in [0, 0.05) is 38.9 Å². The van der Waals surface area contributed by atoms with Gasteiger partial charge >= 0.3 is 0 Å². The monoisotopic (exact) mass is 359 g/mol. The normalized spacial score (nSPS) is 11.4. The lowest BCUT2D eigenvalue weighted by atomic mass is 10.1. The molecule has 0 aliphatic heterocycles. The van der Waals surface area contributed by atoms with Crippen LogP contribution in [0.3, 0.4) is 0 Å². The molecule has 0 unspecified atom stereocenters. The van der Waals surface area contributed by atoms with E-state index in [1.54, 1.807) is 0 Å². The highest BCUT2D eigenvalue weighted by atomic mass is 35.5. The fourth-order valence-corrected chi connectivity index (χ4v) is 3.55. The summed E-state index contributed by atoms with van der Waals surface area (Å²) in [6.07, 6.45) is 0. The van der Waals surface area contributed by atoms with Crippen molar-refractivity contribution >= 4 is 33.4 Å². The van der Waals surface area contributed by atoms with Crippen LogP contribution in [0.1, 0.15) is 5.56 Å². The topological polar surface area (TPSA) is 59.4 Å². The molecule has 1 N–H and O–H groups in total. The quantitative estimate of drug-likeness (QED) is 0.509. The Hall–Kier alpha value is -3.18. The number of hydrogen-bond acceptors (Lipinski definition) is 3. The maximum absolute atomic E-state index is 6.02. The van der Waals surface area contributed by atoms with Gasteiger partial charge in [0.25, 0.3) is 0 Å². The lowest BCUT2D eigenvalue weighted by Crippen LogP contribution is -1.99. The number of fused-ring (bicyclic) bond motifs is 3. The van der Waals surface area contributed by atoms with E-state index in [1.807, 2.05) is 18.2 Å². The van der Waals surface area contributed by atoms with Crippen molar-refractivity contribution in [2.75, 3.05) is 0 Å². The molecule has 6 heteroatoms. The van der Waals surface area contributed by atoms with Crippen molar-refractivity contribution in [2.24, 2.45) is 0 Å². The molecule has 0 radical (unpaired) electrons. The molecule has 5 aromatic rings. The first-order valence-corrected chi connectivity index (χ1v) is 8.67. The van der Waals surface area contributed by atoms with E-state index in [2.05, 4.69) is 73.7 Å². The van der Waals surface area contributed by atoms with Crippen molar-refractivity contribution in [3.05, 3.63) is 77.3 Å². The molecule has 3 aromatic carbocycles.